The van der Waals surface area contributed by atoms with Crippen LogP contribution in [0.4, 0.5) is 10.5 Å². The number of benzene rings is 2. The van der Waals surface area contributed by atoms with Crippen molar-refractivity contribution in [1.82, 2.24) is 9.47 Å². The fraction of sp³-hybridized carbons (Fsp3) is 0.290. The maximum Gasteiger partial charge on any atom is 0.340 e. The van der Waals surface area contributed by atoms with Crippen molar-refractivity contribution in [1.29, 1.82) is 0 Å². The first-order chi connectivity index (χ1) is 18.5. The molecule has 2 aromatic carbocycles. The van der Waals surface area contributed by atoms with Crippen molar-refractivity contribution in [2.75, 3.05) is 11.9 Å². The summed E-state index contributed by atoms with van der Waals surface area (Å²) in [6.07, 6.45) is 6.66. The molecule has 6 rings (SSSR count). The molecule has 0 saturated carbocycles. The second kappa shape index (κ2) is 10.1. The van der Waals surface area contributed by atoms with Crippen LogP contribution in [0, 0.1) is 6.92 Å². The highest BCUT2D eigenvalue weighted by atomic mass is 32.1. The van der Waals surface area contributed by atoms with E-state index >= 15 is 0 Å². The largest absolute Gasteiger partial charge is 0.462 e. The summed E-state index contributed by atoms with van der Waals surface area (Å²) in [6, 6.07) is 19.1. The number of aromatic nitrogens is 1. The highest BCUT2D eigenvalue weighted by molar-refractivity contribution is 7.15. The predicted octanol–water partition coefficient (Wildman–Crippen LogP) is 7.04. The van der Waals surface area contributed by atoms with E-state index in [1.165, 1.54) is 33.8 Å². The van der Waals surface area contributed by atoms with Crippen LogP contribution in [0.25, 0.3) is 5.00 Å². The topological polar surface area (TPSA) is 63.6 Å². The summed E-state index contributed by atoms with van der Waals surface area (Å²) in [5.41, 5.74) is 6.71. The predicted molar refractivity (Wildman–Crippen MR) is 150 cm³/mol. The number of ether oxygens (including phenoxy) is 1. The van der Waals surface area contributed by atoms with E-state index in [-0.39, 0.29) is 18.7 Å². The first-order valence-corrected chi connectivity index (χ1v) is 14.1. The van der Waals surface area contributed by atoms with Crippen molar-refractivity contribution in [3.8, 4) is 5.00 Å². The number of aryl methyl sites for hydroxylation is 2. The SMILES string of the molecule is CCOC(=O)c1ccccc1NC(=O)N1Cc2c(sc3c2CCCC3)-n2cccc2[C@@H]1c1cccc(C)c1. The van der Waals surface area contributed by atoms with Crippen LogP contribution < -0.4 is 5.32 Å². The van der Waals surface area contributed by atoms with Gasteiger partial charge in [-0.1, -0.05) is 42.0 Å². The van der Waals surface area contributed by atoms with Gasteiger partial charge in [0.25, 0.3) is 0 Å². The van der Waals surface area contributed by atoms with Crippen LogP contribution in [0.5, 0.6) is 0 Å². The Balaban J connectivity index is 1.47. The zero-order valence-electron chi connectivity index (χ0n) is 21.7. The van der Waals surface area contributed by atoms with Gasteiger partial charge in [-0.15, -0.1) is 11.3 Å². The molecule has 0 radical (unpaired) electrons. The molecular weight excluding hydrogens is 494 g/mol. The second-order valence-corrected chi connectivity index (χ2v) is 11.0. The molecule has 1 N–H and O–H groups in total. The molecule has 3 heterocycles. The van der Waals surface area contributed by atoms with Crippen molar-refractivity contribution in [2.45, 2.75) is 52.1 Å². The van der Waals surface area contributed by atoms with Gasteiger partial charge in [0.2, 0.25) is 0 Å². The van der Waals surface area contributed by atoms with Gasteiger partial charge in [-0.2, -0.15) is 0 Å². The van der Waals surface area contributed by atoms with Crippen LogP contribution in [-0.4, -0.2) is 28.1 Å². The standard InChI is InChI=1S/C31H31N3O3S/c1-3-37-30(35)23-13-4-6-14-25(23)32-31(36)34-19-24-22-12-5-7-16-27(22)38-29(24)33-17-9-15-26(33)28(34)21-11-8-10-20(2)18-21/h4,6,8-11,13-15,17-18,28H,3,5,7,12,16,19H2,1-2H3,(H,32,36)/t28-/m0/s1. The van der Waals surface area contributed by atoms with Crippen LogP contribution in [0.3, 0.4) is 0 Å². The van der Waals surface area contributed by atoms with Gasteiger partial charge in [0, 0.05) is 16.6 Å². The number of anilines is 1. The minimum absolute atomic E-state index is 0.246. The maximum atomic E-state index is 14.2. The lowest BCUT2D eigenvalue weighted by Crippen LogP contribution is -2.38. The van der Waals surface area contributed by atoms with Gasteiger partial charge in [0.15, 0.2) is 0 Å². The van der Waals surface area contributed by atoms with E-state index in [4.69, 9.17) is 4.74 Å². The molecule has 0 bridgehead atoms. The van der Waals surface area contributed by atoms with Gasteiger partial charge in [-0.3, -0.25) is 0 Å². The molecule has 0 saturated heterocycles. The molecular formula is C31H31N3O3S. The molecule has 4 aromatic rings. The summed E-state index contributed by atoms with van der Waals surface area (Å²) in [7, 11) is 0. The Kier molecular flexibility index (Phi) is 6.54. The Morgan fingerprint density at radius 1 is 1.03 bits per heavy atom. The monoisotopic (exact) mass is 525 g/mol. The molecule has 2 aromatic heterocycles. The third kappa shape index (κ3) is 4.31. The van der Waals surface area contributed by atoms with Crippen molar-refractivity contribution in [3.05, 3.63) is 105 Å². The number of nitrogens with one attached hydrogen (secondary N) is 1. The van der Waals surface area contributed by atoms with Gasteiger partial charge >= 0.3 is 12.0 Å². The number of amides is 2. The van der Waals surface area contributed by atoms with Gasteiger partial charge in [0.1, 0.15) is 5.00 Å². The number of nitrogens with zero attached hydrogens (tertiary/aromatic N) is 2. The average Bonchev–Trinajstić information content (AvgIpc) is 3.51. The number of esters is 1. The Labute approximate surface area is 226 Å². The van der Waals surface area contributed by atoms with Gasteiger partial charge < -0.3 is 19.5 Å². The molecule has 1 aliphatic heterocycles. The van der Waals surface area contributed by atoms with E-state index in [9.17, 15) is 9.59 Å². The number of urea groups is 1. The molecule has 2 aliphatic rings. The summed E-state index contributed by atoms with van der Waals surface area (Å²) < 4.78 is 7.53. The number of hydrogen-bond acceptors (Lipinski definition) is 4. The number of fused-ring (bicyclic) bond motifs is 5. The molecule has 0 unspecified atom stereocenters. The zero-order chi connectivity index (χ0) is 26.2. The minimum Gasteiger partial charge on any atom is -0.462 e. The van der Waals surface area contributed by atoms with Crippen molar-refractivity contribution in [2.24, 2.45) is 0 Å². The number of rotatable bonds is 4. The van der Waals surface area contributed by atoms with Gasteiger partial charge in [0.05, 0.1) is 36.1 Å². The number of hydrogen-bond donors (Lipinski definition) is 1. The van der Waals surface area contributed by atoms with E-state index in [1.54, 1.807) is 25.1 Å². The molecule has 7 heteroatoms. The Hall–Kier alpha value is -3.84. The smallest absolute Gasteiger partial charge is 0.340 e. The summed E-state index contributed by atoms with van der Waals surface area (Å²) >= 11 is 1.87. The Bertz CT molecular complexity index is 1520. The summed E-state index contributed by atoms with van der Waals surface area (Å²) in [5, 5.41) is 4.29. The van der Waals surface area contributed by atoms with E-state index < -0.39 is 5.97 Å². The second-order valence-electron chi connectivity index (χ2n) is 9.94. The van der Waals surface area contributed by atoms with Crippen molar-refractivity contribution < 1.29 is 14.3 Å². The summed E-state index contributed by atoms with van der Waals surface area (Å²) in [6.45, 7) is 4.62. The molecule has 0 fully saturated rings. The van der Waals surface area contributed by atoms with Crippen LogP contribution in [0.1, 0.15) is 69.0 Å². The van der Waals surface area contributed by atoms with Crippen LogP contribution >= 0.6 is 11.3 Å². The lowest BCUT2D eigenvalue weighted by Gasteiger charge is -2.32. The van der Waals surface area contributed by atoms with E-state index in [2.05, 4.69) is 53.3 Å². The van der Waals surface area contributed by atoms with Crippen LogP contribution in [0.15, 0.2) is 66.9 Å². The van der Waals surface area contributed by atoms with Crippen LogP contribution in [-0.2, 0) is 24.1 Å². The fourth-order valence-corrected chi connectivity index (χ4v) is 7.15. The third-order valence-corrected chi connectivity index (χ3v) is 8.80. The number of carbonyl (C=O) groups excluding carboxylic acids is 2. The fourth-order valence-electron chi connectivity index (χ4n) is 5.74. The van der Waals surface area contributed by atoms with E-state index in [0.717, 1.165) is 29.7 Å². The highest BCUT2D eigenvalue weighted by Crippen LogP contribution is 2.44. The first-order valence-electron chi connectivity index (χ1n) is 13.3. The number of para-hydroxylation sites is 1. The Morgan fingerprint density at radius 2 is 1.87 bits per heavy atom. The van der Waals surface area contributed by atoms with Crippen molar-refractivity contribution >= 4 is 29.0 Å². The summed E-state index contributed by atoms with van der Waals surface area (Å²) in [5.74, 6) is -0.447. The maximum absolute atomic E-state index is 14.2. The molecule has 2 amide bonds. The molecule has 38 heavy (non-hydrogen) atoms. The lowest BCUT2D eigenvalue weighted by atomic mass is 9.95. The lowest BCUT2D eigenvalue weighted by molar-refractivity contribution is 0.0527. The quantitative estimate of drug-likeness (QED) is 0.291. The van der Waals surface area contributed by atoms with E-state index in [0.29, 0.717) is 17.8 Å². The summed E-state index contributed by atoms with van der Waals surface area (Å²) in [4.78, 5) is 30.2. The average molecular weight is 526 g/mol. The zero-order valence-corrected chi connectivity index (χ0v) is 22.5. The molecule has 6 nitrogen and oxygen atoms in total. The van der Waals surface area contributed by atoms with Gasteiger partial charge in [-0.25, -0.2) is 9.59 Å². The van der Waals surface area contributed by atoms with Crippen LogP contribution in [0.2, 0.25) is 0 Å². The molecule has 1 atom stereocenters. The molecule has 0 spiro atoms. The number of thiophene rings is 1. The Morgan fingerprint density at radius 3 is 2.71 bits per heavy atom. The van der Waals surface area contributed by atoms with Crippen molar-refractivity contribution in [3.63, 3.8) is 0 Å². The first kappa shape index (κ1) is 24.5. The van der Waals surface area contributed by atoms with E-state index in [1.807, 2.05) is 28.4 Å². The molecule has 194 valence electrons. The normalized spacial score (nSPS) is 16.2. The van der Waals surface area contributed by atoms with Gasteiger partial charge in [-0.05, 0) is 74.9 Å². The minimum atomic E-state index is -0.447. The number of carbonyl (C=O) groups is 2. The highest BCUT2D eigenvalue weighted by Gasteiger charge is 2.36. The third-order valence-electron chi connectivity index (χ3n) is 7.46. The molecule has 1 aliphatic carbocycles.